The molecule has 8 rings (SSSR count). The van der Waals surface area contributed by atoms with E-state index in [1.807, 2.05) is 42.1 Å². The number of fused-ring (bicyclic) bond motifs is 2. The Morgan fingerprint density at radius 2 is 1.15 bits per heavy atom. The van der Waals surface area contributed by atoms with E-state index in [4.69, 9.17) is 13.0 Å². The number of amides is 1. The number of hydrogen-bond donors (Lipinski definition) is 3. The Bertz CT molecular complexity index is 2640. The van der Waals surface area contributed by atoms with E-state index in [9.17, 15) is 40.3 Å². The van der Waals surface area contributed by atoms with Crippen LogP contribution >= 0.6 is 11.6 Å². The van der Waals surface area contributed by atoms with E-state index < -0.39 is 19.9 Å². The van der Waals surface area contributed by atoms with Crippen LogP contribution in [0.2, 0.25) is 0 Å². The van der Waals surface area contributed by atoms with Crippen LogP contribution in [-0.2, 0) is 9.59 Å². The highest BCUT2D eigenvalue weighted by atomic mass is 35.5. The highest BCUT2D eigenvalue weighted by Crippen LogP contribution is 2.30. The van der Waals surface area contributed by atoms with Crippen molar-refractivity contribution in [2.75, 3.05) is 98.3 Å². The Morgan fingerprint density at radius 3 is 1.54 bits per heavy atom. The molecule has 0 aliphatic carbocycles. The van der Waals surface area contributed by atoms with Crippen LogP contribution in [-0.4, -0.2) is 155 Å². The van der Waals surface area contributed by atoms with E-state index in [-0.39, 0.29) is 30.1 Å². The van der Waals surface area contributed by atoms with E-state index in [1.54, 1.807) is 58.6 Å². The third-order valence-electron chi connectivity index (χ3n) is 10.9. The molecule has 6 aromatic rings. The lowest BCUT2D eigenvalue weighted by Gasteiger charge is -2.32. The predicted molar refractivity (Wildman–Crippen MR) is 264 cm³/mol. The third-order valence-corrected chi connectivity index (χ3v) is 11.0. The fourth-order valence-corrected chi connectivity index (χ4v) is 7.86. The van der Waals surface area contributed by atoms with Crippen LogP contribution < -0.4 is 25.4 Å². The number of nitrogens with one attached hydrogen (secondary N) is 3. The van der Waals surface area contributed by atoms with Gasteiger partial charge in [-0.05, 0) is 139 Å². The second-order valence-electron chi connectivity index (χ2n) is 17.0. The molecule has 2 aromatic carbocycles. The number of anilines is 2. The van der Waals surface area contributed by atoms with Gasteiger partial charge in [0, 0.05) is 37.3 Å². The Balaban J connectivity index is 0.000000267. The molecule has 0 bridgehead atoms. The van der Waals surface area contributed by atoms with Crippen molar-refractivity contribution in [3.63, 3.8) is 0 Å². The number of likely N-dealkylation sites (tertiary alicyclic amines) is 1. The Hall–Kier alpha value is -6.30. The quantitative estimate of drug-likeness (QED) is 0.0703. The molecule has 0 atom stereocenters. The largest absolute Gasteiger partial charge is 0.573 e. The lowest BCUT2D eigenvalue weighted by Crippen LogP contribution is -2.43. The first-order chi connectivity index (χ1) is 34.2. The zero-order valence-corrected chi connectivity index (χ0v) is 40.4. The second-order valence-corrected chi connectivity index (χ2v) is 17.4. The van der Waals surface area contributed by atoms with E-state index in [0.29, 0.717) is 76.9 Å². The summed E-state index contributed by atoms with van der Waals surface area (Å²) in [6, 6.07) is 18.8. The summed E-state index contributed by atoms with van der Waals surface area (Å²) in [6.45, 7) is 5.84. The standard InChI is InChI=1S/C23H27F3N6O2.C19H20F3N5O.C4H8ClNO.CH3F.CH4/c1-30(2)15-22(33)31-10-8-16(9-11-31)13-27-20-6-7-21-28-14-19(32(21)29-20)17-4-3-5-18(12-17)34-23(24,25)26;20-19(21,22)28-15-3-1-2-14(10-15)16-12-25-18-5-4-17(26-27(16)18)24-11-13-6-8-23-9-7-13;1-6(2)3-4(5)7;1-2;/h3-7,12,14,16H,8-11,13,15H2,1-2H3,(H,27,29);1-5,10,12-13,23H,6-9,11H2,(H,24,26);3H2,1-2H3;1H3;1H4/i;;;1D;. The third kappa shape index (κ3) is 18.7. The van der Waals surface area contributed by atoms with Crippen LogP contribution in [0, 0.1) is 11.8 Å². The van der Waals surface area contributed by atoms with Crippen molar-refractivity contribution in [3.8, 4) is 34.0 Å². The molecule has 0 saturated carbocycles. The van der Waals surface area contributed by atoms with Crippen molar-refractivity contribution in [1.29, 1.82) is 0 Å². The van der Waals surface area contributed by atoms with Gasteiger partial charge in [-0.1, -0.05) is 31.7 Å². The molecule has 6 heterocycles. The number of carbonyl (C=O) groups excluding carboxylic acids is 2. The summed E-state index contributed by atoms with van der Waals surface area (Å²) in [6.07, 6.45) is -2.27. The zero-order valence-electron chi connectivity index (χ0n) is 40.6. The fraction of sp³-hybridized carbons (Fsp3) is 0.458. The van der Waals surface area contributed by atoms with Gasteiger partial charge in [0.25, 0.3) is 0 Å². The maximum atomic E-state index is 12.6. The molecule has 394 valence electrons. The number of ether oxygens (including phenoxy) is 2. The number of benzene rings is 2. The van der Waals surface area contributed by atoms with Crippen molar-refractivity contribution in [2.45, 2.75) is 45.8 Å². The van der Waals surface area contributed by atoms with Crippen molar-refractivity contribution < 1.29 is 51.2 Å². The molecule has 16 nitrogen and oxygen atoms in total. The normalized spacial score (nSPS) is 14.5. The number of carbonyl (C=O) groups is 2. The molecule has 0 spiro atoms. The number of halogens is 8. The number of alkyl halides is 7. The van der Waals surface area contributed by atoms with Gasteiger partial charge in [-0.25, -0.2) is 19.0 Å². The lowest BCUT2D eigenvalue weighted by molar-refractivity contribution is -0.275. The molecule has 24 heteroatoms. The van der Waals surface area contributed by atoms with Crippen LogP contribution in [0.15, 0.2) is 85.2 Å². The molecular formula is C48H62ClF7N12O4. The minimum absolute atomic E-state index is 0. The number of aromatic nitrogens is 6. The van der Waals surface area contributed by atoms with Gasteiger partial charge in [-0.15, -0.1) is 36.5 Å². The average molecular weight is 1040 g/mol. The molecule has 3 N–H and O–H groups in total. The van der Waals surface area contributed by atoms with Gasteiger partial charge in [0.1, 0.15) is 23.1 Å². The first-order valence-electron chi connectivity index (χ1n) is 23.1. The van der Waals surface area contributed by atoms with Gasteiger partial charge >= 0.3 is 12.7 Å². The molecule has 2 aliphatic rings. The van der Waals surface area contributed by atoms with Gasteiger partial charge in [-0.2, -0.15) is 0 Å². The van der Waals surface area contributed by atoms with Crippen molar-refractivity contribution >= 4 is 45.7 Å². The van der Waals surface area contributed by atoms with E-state index in [0.717, 1.165) is 58.4 Å². The highest BCUT2D eigenvalue weighted by molar-refractivity contribution is 6.64. The van der Waals surface area contributed by atoms with Crippen LogP contribution in [0.1, 0.15) is 34.5 Å². The summed E-state index contributed by atoms with van der Waals surface area (Å²) in [4.78, 5) is 36.3. The van der Waals surface area contributed by atoms with Gasteiger partial charge in [0.2, 0.25) is 11.1 Å². The number of likely N-dealkylation sites (N-methyl/N-ethyl adjacent to an activating group) is 2. The van der Waals surface area contributed by atoms with Crippen LogP contribution in [0.25, 0.3) is 33.8 Å². The van der Waals surface area contributed by atoms with Gasteiger partial charge in [0.05, 0.1) is 45.4 Å². The number of nitrogens with zero attached hydrogens (tertiary/aromatic N) is 9. The summed E-state index contributed by atoms with van der Waals surface area (Å²) >= 11 is 4.99. The molecule has 4 aromatic heterocycles. The minimum atomic E-state index is -4.76. The van der Waals surface area contributed by atoms with Gasteiger partial charge < -0.3 is 40.1 Å². The molecule has 2 saturated heterocycles. The van der Waals surface area contributed by atoms with Crippen molar-refractivity contribution in [1.82, 2.24) is 49.2 Å². The number of hydrogen-bond acceptors (Lipinski definition) is 13. The first-order valence-corrected chi connectivity index (χ1v) is 22.8. The molecule has 2 fully saturated rings. The van der Waals surface area contributed by atoms with Gasteiger partial charge in [-0.3, -0.25) is 14.0 Å². The Kier molecular flexibility index (Phi) is 21.6. The van der Waals surface area contributed by atoms with Crippen molar-refractivity contribution in [2.24, 2.45) is 11.8 Å². The molecular weight excluding hydrogens is 977 g/mol. The second kappa shape index (κ2) is 27.5. The summed E-state index contributed by atoms with van der Waals surface area (Å²) in [5, 5.41) is 18.9. The zero-order chi connectivity index (χ0) is 52.4. The van der Waals surface area contributed by atoms with E-state index in [1.165, 1.54) is 36.4 Å². The number of piperidine rings is 2. The molecule has 0 unspecified atom stereocenters. The summed E-state index contributed by atoms with van der Waals surface area (Å²) in [5.74, 6) is 1.93. The monoisotopic (exact) mass is 1040 g/mol. The maximum Gasteiger partial charge on any atom is 0.573 e. The molecule has 72 heavy (non-hydrogen) atoms. The van der Waals surface area contributed by atoms with E-state index >= 15 is 0 Å². The summed E-state index contributed by atoms with van der Waals surface area (Å²) < 4.78 is 102. The highest BCUT2D eigenvalue weighted by Gasteiger charge is 2.32. The first kappa shape index (κ1) is 56.6. The fourth-order valence-electron chi connectivity index (χ4n) is 7.62. The van der Waals surface area contributed by atoms with Gasteiger partial charge in [0.15, 0.2) is 11.3 Å². The molecule has 0 radical (unpaired) electrons. The number of rotatable bonds is 14. The Morgan fingerprint density at radius 1 is 0.722 bits per heavy atom. The molecule has 2 aliphatic heterocycles. The molecule has 1 amide bonds. The minimum Gasteiger partial charge on any atom is -0.406 e. The maximum absolute atomic E-state index is 12.6. The Labute approximate surface area is 420 Å². The summed E-state index contributed by atoms with van der Waals surface area (Å²) in [7, 11) is 6.36. The van der Waals surface area contributed by atoms with Crippen LogP contribution in [0.5, 0.6) is 11.5 Å². The number of imidazole rings is 2. The van der Waals surface area contributed by atoms with Crippen LogP contribution in [0.4, 0.5) is 42.4 Å². The SMILES string of the molecule is C.CN(C)CC(=O)Cl.CN(C)CC(=O)N1CCC(CNc2ccc3ncc(-c4cccc(OC(F)(F)F)c4)n3n2)CC1.FC(F)(F)Oc1cccc(-c2cnc3ccc(NCC4CCNCC4)nn23)c1.[2H]CF. The average Bonchev–Trinajstić information content (AvgIpc) is 3.94. The lowest BCUT2D eigenvalue weighted by atomic mass is 9.96. The van der Waals surface area contributed by atoms with Crippen LogP contribution in [0.3, 0.4) is 0 Å². The predicted octanol–water partition coefficient (Wildman–Crippen LogP) is 8.75. The topological polar surface area (TPSA) is 159 Å². The smallest absolute Gasteiger partial charge is 0.406 e. The van der Waals surface area contributed by atoms with Crippen molar-refractivity contribution in [3.05, 3.63) is 85.2 Å². The van der Waals surface area contributed by atoms with E-state index in [2.05, 4.69) is 45.6 Å². The summed E-state index contributed by atoms with van der Waals surface area (Å²) in [5.41, 5.74) is 3.39.